The summed E-state index contributed by atoms with van der Waals surface area (Å²) in [5.41, 5.74) is 0.565. The Kier molecular flexibility index (Phi) is 3.02. The number of fused-ring (bicyclic) bond motifs is 1. The molecule has 16 heavy (non-hydrogen) atoms. The Morgan fingerprint density at radius 1 is 1.62 bits per heavy atom. The van der Waals surface area contributed by atoms with Gasteiger partial charge in [-0.3, -0.25) is 4.79 Å². The SMILES string of the molecule is CN1C(=O)[C@@H](NBr)COc2ccc(O)cc21. The van der Waals surface area contributed by atoms with Crippen molar-refractivity contribution in [2.45, 2.75) is 6.04 Å². The van der Waals surface area contributed by atoms with E-state index in [1.54, 1.807) is 13.1 Å². The summed E-state index contributed by atoms with van der Waals surface area (Å²) in [5.74, 6) is 0.562. The summed E-state index contributed by atoms with van der Waals surface area (Å²) in [6.07, 6.45) is 0. The standard InChI is InChI=1S/C10H11BrN2O3/c1-13-8-4-6(14)2-3-9(8)16-5-7(12-11)10(13)15/h2-4,7,12,14H,5H2,1H3/t7-/m0/s1. The average Bonchev–Trinajstić information content (AvgIpc) is 2.40. The van der Waals surface area contributed by atoms with Crippen LogP contribution in [0.1, 0.15) is 0 Å². The molecular weight excluding hydrogens is 276 g/mol. The maximum absolute atomic E-state index is 11.9. The van der Waals surface area contributed by atoms with Crippen molar-refractivity contribution < 1.29 is 14.6 Å². The lowest BCUT2D eigenvalue weighted by Crippen LogP contribution is -2.43. The van der Waals surface area contributed by atoms with Gasteiger partial charge in [0.15, 0.2) is 0 Å². The van der Waals surface area contributed by atoms with Crippen molar-refractivity contribution in [3.8, 4) is 11.5 Å². The van der Waals surface area contributed by atoms with Gasteiger partial charge in [0.1, 0.15) is 24.1 Å². The van der Waals surface area contributed by atoms with Crippen molar-refractivity contribution in [3.05, 3.63) is 18.2 Å². The number of likely N-dealkylation sites (N-methyl/N-ethyl adjacent to an activating group) is 1. The van der Waals surface area contributed by atoms with Crippen molar-refractivity contribution in [1.29, 1.82) is 0 Å². The minimum absolute atomic E-state index is 0.104. The molecule has 2 rings (SSSR count). The molecule has 0 spiro atoms. The summed E-state index contributed by atoms with van der Waals surface area (Å²) in [6, 6.07) is 4.23. The van der Waals surface area contributed by atoms with Crippen LogP contribution < -0.4 is 14.0 Å². The van der Waals surface area contributed by atoms with E-state index in [-0.39, 0.29) is 18.3 Å². The van der Waals surface area contributed by atoms with E-state index in [9.17, 15) is 9.90 Å². The number of nitrogens with one attached hydrogen (secondary N) is 1. The van der Waals surface area contributed by atoms with Crippen LogP contribution >= 0.6 is 16.1 Å². The Balaban J connectivity index is 2.42. The van der Waals surface area contributed by atoms with Gasteiger partial charge in [-0.25, -0.2) is 4.34 Å². The van der Waals surface area contributed by atoms with Gasteiger partial charge in [-0.2, -0.15) is 0 Å². The van der Waals surface area contributed by atoms with E-state index in [2.05, 4.69) is 20.5 Å². The fraction of sp³-hybridized carbons (Fsp3) is 0.300. The number of anilines is 1. The van der Waals surface area contributed by atoms with Gasteiger partial charge in [-0.15, -0.1) is 0 Å². The first-order chi connectivity index (χ1) is 7.63. The number of amides is 1. The fourth-order valence-electron chi connectivity index (χ4n) is 1.56. The minimum atomic E-state index is -0.445. The molecule has 1 heterocycles. The van der Waals surface area contributed by atoms with Crippen LogP contribution in [0.2, 0.25) is 0 Å². The zero-order valence-electron chi connectivity index (χ0n) is 8.61. The van der Waals surface area contributed by atoms with Crippen LogP contribution in [0.25, 0.3) is 0 Å². The number of aromatic hydroxyl groups is 1. The molecule has 6 heteroatoms. The van der Waals surface area contributed by atoms with Crippen LogP contribution in [-0.2, 0) is 4.79 Å². The molecule has 0 aliphatic carbocycles. The van der Waals surface area contributed by atoms with Gasteiger partial charge in [0.25, 0.3) is 0 Å². The molecular formula is C10H11BrN2O3. The summed E-state index contributed by atoms with van der Waals surface area (Å²) >= 11 is 3.05. The topological polar surface area (TPSA) is 61.8 Å². The molecule has 0 saturated heterocycles. The van der Waals surface area contributed by atoms with E-state index in [1.807, 2.05) is 0 Å². The molecule has 1 aliphatic heterocycles. The van der Waals surface area contributed by atoms with Gasteiger partial charge >= 0.3 is 0 Å². The number of ether oxygens (including phenoxy) is 1. The molecule has 86 valence electrons. The van der Waals surface area contributed by atoms with Gasteiger partial charge in [0.05, 0.1) is 5.69 Å². The molecule has 1 aromatic carbocycles. The van der Waals surface area contributed by atoms with E-state index in [4.69, 9.17) is 4.74 Å². The Morgan fingerprint density at radius 3 is 3.06 bits per heavy atom. The lowest BCUT2D eigenvalue weighted by Gasteiger charge is -2.18. The quantitative estimate of drug-likeness (QED) is 0.757. The highest BCUT2D eigenvalue weighted by molar-refractivity contribution is 9.08. The highest BCUT2D eigenvalue weighted by atomic mass is 79.9. The van der Waals surface area contributed by atoms with Crippen LogP contribution in [0.15, 0.2) is 18.2 Å². The maximum Gasteiger partial charge on any atom is 0.248 e. The summed E-state index contributed by atoms with van der Waals surface area (Å²) < 4.78 is 8.19. The lowest BCUT2D eigenvalue weighted by molar-refractivity contribution is -0.120. The Bertz CT molecular complexity index is 425. The molecule has 0 unspecified atom stereocenters. The van der Waals surface area contributed by atoms with E-state index >= 15 is 0 Å². The number of phenolic OH excluding ortho intramolecular Hbond substituents is 1. The summed E-state index contributed by atoms with van der Waals surface area (Å²) in [6.45, 7) is 0.242. The second-order valence-electron chi connectivity index (χ2n) is 3.52. The predicted molar refractivity (Wildman–Crippen MR) is 62.9 cm³/mol. The van der Waals surface area contributed by atoms with E-state index in [0.717, 1.165) is 0 Å². The molecule has 1 atom stereocenters. The first-order valence-electron chi connectivity index (χ1n) is 4.73. The average molecular weight is 287 g/mol. The second kappa shape index (κ2) is 4.31. The van der Waals surface area contributed by atoms with Crippen LogP contribution in [0.5, 0.6) is 11.5 Å². The molecule has 0 radical (unpaired) electrons. The number of hydrogen-bond acceptors (Lipinski definition) is 4. The second-order valence-corrected chi connectivity index (χ2v) is 3.98. The van der Waals surface area contributed by atoms with Crippen LogP contribution in [-0.4, -0.2) is 30.7 Å². The van der Waals surface area contributed by atoms with Gasteiger partial charge in [-0.05, 0) is 12.1 Å². The van der Waals surface area contributed by atoms with Gasteiger partial charge in [0, 0.05) is 29.3 Å². The molecule has 0 saturated carbocycles. The largest absolute Gasteiger partial charge is 0.508 e. The predicted octanol–water partition coefficient (Wildman–Crippen LogP) is 1.02. The summed E-state index contributed by atoms with van der Waals surface area (Å²) in [4.78, 5) is 13.4. The fourth-order valence-corrected chi connectivity index (χ4v) is 1.89. The van der Waals surface area contributed by atoms with Crippen LogP contribution in [0.4, 0.5) is 5.69 Å². The number of rotatable bonds is 1. The number of benzene rings is 1. The van der Waals surface area contributed by atoms with Crippen molar-refractivity contribution >= 4 is 27.7 Å². The number of phenols is 1. The molecule has 5 nitrogen and oxygen atoms in total. The number of carbonyl (C=O) groups is 1. The highest BCUT2D eigenvalue weighted by Gasteiger charge is 2.28. The van der Waals surface area contributed by atoms with Gasteiger partial charge in [-0.1, -0.05) is 0 Å². The third-order valence-electron chi connectivity index (χ3n) is 2.47. The van der Waals surface area contributed by atoms with Crippen molar-refractivity contribution in [2.75, 3.05) is 18.6 Å². The van der Waals surface area contributed by atoms with E-state index in [0.29, 0.717) is 11.4 Å². The Morgan fingerprint density at radius 2 is 2.38 bits per heavy atom. The normalized spacial score (nSPS) is 20.0. The van der Waals surface area contributed by atoms with Gasteiger partial charge in [0.2, 0.25) is 5.91 Å². The third kappa shape index (κ3) is 1.85. The van der Waals surface area contributed by atoms with Gasteiger partial charge < -0.3 is 14.7 Å². The van der Waals surface area contributed by atoms with Crippen LogP contribution in [0.3, 0.4) is 0 Å². The van der Waals surface area contributed by atoms with E-state index in [1.165, 1.54) is 17.0 Å². The lowest BCUT2D eigenvalue weighted by atomic mass is 10.2. The molecule has 1 aromatic rings. The Hall–Kier alpha value is -1.27. The smallest absolute Gasteiger partial charge is 0.248 e. The number of carbonyl (C=O) groups excluding carboxylic acids is 1. The highest BCUT2D eigenvalue weighted by Crippen LogP contribution is 2.33. The molecule has 2 N–H and O–H groups in total. The monoisotopic (exact) mass is 286 g/mol. The molecule has 0 fully saturated rings. The number of hydrogen-bond donors (Lipinski definition) is 2. The summed E-state index contributed by atoms with van der Waals surface area (Å²) in [7, 11) is 1.65. The molecule has 0 bridgehead atoms. The van der Waals surface area contributed by atoms with Crippen molar-refractivity contribution in [1.82, 2.24) is 4.34 Å². The first-order valence-corrected chi connectivity index (χ1v) is 5.52. The maximum atomic E-state index is 11.9. The summed E-state index contributed by atoms with van der Waals surface area (Å²) in [5, 5.41) is 9.39. The van der Waals surface area contributed by atoms with E-state index < -0.39 is 6.04 Å². The number of halogens is 1. The zero-order valence-corrected chi connectivity index (χ0v) is 10.2. The molecule has 1 aliphatic rings. The minimum Gasteiger partial charge on any atom is -0.508 e. The molecule has 1 amide bonds. The van der Waals surface area contributed by atoms with Crippen molar-refractivity contribution in [2.24, 2.45) is 0 Å². The Labute approximate surface area is 101 Å². The third-order valence-corrected chi connectivity index (χ3v) is 3.02. The number of nitrogens with zero attached hydrogens (tertiary/aromatic N) is 1. The van der Waals surface area contributed by atoms with Crippen molar-refractivity contribution in [3.63, 3.8) is 0 Å². The zero-order chi connectivity index (χ0) is 11.7. The van der Waals surface area contributed by atoms with Crippen LogP contribution in [0, 0.1) is 0 Å². The first kappa shape index (κ1) is 11.2. The molecule has 0 aromatic heterocycles.